The Morgan fingerprint density at radius 3 is 2.85 bits per heavy atom. The van der Waals surface area contributed by atoms with Gasteiger partial charge in [0.15, 0.2) is 0 Å². The first-order valence-electron chi connectivity index (χ1n) is 6.23. The molecule has 0 radical (unpaired) electrons. The molecule has 0 saturated carbocycles. The summed E-state index contributed by atoms with van der Waals surface area (Å²) in [6, 6.07) is 9.75. The van der Waals surface area contributed by atoms with Gasteiger partial charge in [-0.15, -0.1) is 0 Å². The van der Waals surface area contributed by atoms with E-state index in [4.69, 9.17) is 0 Å². The molecule has 0 aliphatic heterocycles. The van der Waals surface area contributed by atoms with Gasteiger partial charge in [0.1, 0.15) is 15.4 Å². The van der Waals surface area contributed by atoms with Crippen molar-refractivity contribution < 1.29 is 4.79 Å². The highest BCUT2D eigenvalue weighted by molar-refractivity contribution is 7.21. The number of pyridine rings is 1. The smallest absolute Gasteiger partial charge is 0.221 e. The summed E-state index contributed by atoms with van der Waals surface area (Å²) >= 11 is 1.57. The zero-order chi connectivity index (χ0) is 14.1. The number of aryl methyl sites for hydroxylation is 1. The highest BCUT2D eigenvalue weighted by atomic mass is 32.1. The van der Waals surface area contributed by atoms with Gasteiger partial charge in [0.25, 0.3) is 0 Å². The zero-order valence-corrected chi connectivity index (χ0v) is 12.0. The summed E-state index contributed by atoms with van der Waals surface area (Å²) in [4.78, 5) is 20.9. The second-order valence-electron chi connectivity index (χ2n) is 4.56. The lowest BCUT2D eigenvalue weighted by molar-refractivity contribution is -0.114. The summed E-state index contributed by atoms with van der Waals surface area (Å²) in [6.45, 7) is 3.48. The van der Waals surface area contributed by atoms with E-state index in [0.717, 1.165) is 32.2 Å². The van der Waals surface area contributed by atoms with Gasteiger partial charge in [-0.3, -0.25) is 4.79 Å². The maximum absolute atomic E-state index is 11.1. The quantitative estimate of drug-likeness (QED) is 0.781. The van der Waals surface area contributed by atoms with E-state index in [-0.39, 0.29) is 5.91 Å². The molecule has 1 N–H and O–H groups in total. The van der Waals surface area contributed by atoms with Gasteiger partial charge in [0.2, 0.25) is 5.91 Å². The summed E-state index contributed by atoms with van der Waals surface area (Å²) in [5, 5.41) is 3.75. The number of carbonyl (C=O) groups is 1. The molecule has 100 valence electrons. The molecule has 4 nitrogen and oxygen atoms in total. The third kappa shape index (κ3) is 2.40. The van der Waals surface area contributed by atoms with Crippen molar-refractivity contribution in [2.24, 2.45) is 0 Å². The van der Waals surface area contributed by atoms with Gasteiger partial charge in [-0.05, 0) is 42.8 Å². The second kappa shape index (κ2) is 5.02. The van der Waals surface area contributed by atoms with Gasteiger partial charge in [0, 0.05) is 24.4 Å². The van der Waals surface area contributed by atoms with E-state index in [1.54, 1.807) is 17.5 Å². The predicted octanol–water partition coefficient (Wildman–Crippen LogP) is 3.63. The number of rotatable bonds is 2. The Hall–Kier alpha value is -2.27. The number of fused-ring (bicyclic) bond motifs is 1. The molecular formula is C15H13N3OS. The fourth-order valence-electron chi connectivity index (χ4n) is 2.02. The summed E-state index contributed by atoms with van der Waals surface area (Å²) in [5.74, 6) is -0.0648. The Kier molecular flexibility index (Phi) is 3.20. The molecule has 3 rings (SSSR count). The lowest BCUT2D eigenvalue weighted by atomic mass is 10.1. The Morgan fingerprint density at radius 2 is 2.15 bits per heavy atom. The largest absolute Gasteiger partial charge is 0.326 e. The second-order valence-corrected chi connectivity index (χ2v) is 5.54. The number of nitrogens with one attached hydrogen (secondary N) is 1. The average molecular weight is 283 g/mol. The van der Waals surface area contributed by atoms with Gasteiger partial charge in [0.05, 0.1) is 0 Å². The molecule has 0 saturated heterocycles. The van der Waals surface area contributed by atoms with Gasteiger partial charge in [-0.2, -0.15) is 0 Å². The topological polar surface area (TPSA) is 54.9 Å². The van der Waals surface area contributed by atoms with Crippen molar-refractivity contribution in [3.8, 4) is 10.6 Å². The predicted molar refractivity (Wildman–Crippen MR) is 81.9 cm³/mol. The Balaban J connectivity index is 2.01. The lowest BCUT2D eigenvalue weighted by Gasteiger charge is -2.07. The van der Waals surface area contributed by atoms with Crippen LogP contribution in [0.3, 0.4) is 0 Å². The molecule has 5 heteroatoms. The molecule has 0 aliphatic carbocycles. The standard InChI is InChI=1S/C15H13N3OS/c1-9-8-11(5-6-12(9)17-10(2)19)14-18-13-4-3-7-16-15(13)20-14/h3-8H,1-2H3,(H,17,19). The van der Waals surface area contributed by atoms with E-state index in [0.29, 0.717) is 0 Å². The average Bonchev–Trinajstić information content (AvgIpc) is 2.84. The summed E-state index contributed by atoms with van der Waals surface area (Å²) in [5.41, 5.74) is 3.81. The fourth-order valence-corrected chi connectivity index (χ4v) is 2.92. The van der Waals surface area contributed by atoms with Gasteiger partial charge >= 0.3 is 0 Å². The number of hydrogen-bond donors (Lipinski definition) is 1. The molecular weight excluding hydrogens is 270 g/mol. The third-order valence-corrected chi connectivity index (χ3v) is 3.98. The van der Waals surface area contributed by atoms with Crippen LogP contribution >= 0.6 is 11.3 Å². The van der Waals surface area contributed by atoms with Crippen molar-refractivity contribution in [2.75, 3.05) is 5.32 Å². The van der Waals surface area contributed by atoms with Crippen LogP contribution in [-0.2, 0) is 4.79 Å². The van der Waals surface area contributed by atoms with Gasteiger partial charge in [-0.25, -0.2) is 9.97 Å². The maximum Gasteiger partial charge on any atom is 0.221 e. The van der Waals surface area contributed by atoms with Gasteiger partial charge < -0.3 is 5.32 Å². The van der Waals surface area contributed by atoms with Crippen LogP contribution in [0.25, 0.3) is 20.9 Å². The summed E-state index contributed by atoms with van der Waals surface area (Å²) in [6.07, 6.45) is 1.77. The van der Waals surface area contributed by atoms with E-state index < -0.39 is 0 Å². The highest BCUT2D eigenvalue weighted by Crippen LogP contribution is 2.30. The van der Waals surface area contributed by atoms with Crippen molar-refractivity contribution in [2.45, 2.75) is 13.8 Å². The minimum atomic E-state index is -0.0648. The zero-order valence-electron chi connectivity index (χ0n) is 11.2. The monoisotopic (exact) mass is 283 g/mol. The molecule has 0 bridgehead atoms. The molecule has 0 unspecified atom stereocenters. The van der Waals surface area contributed by atoms with E-state index >= 15 is 0 Å². The SMILES string of the molecule is CC(=O)Nc1ccc(-c2nc3cccnc3s2)cc1C. The number of carbonyl (C=O) groups excluding carboxylic acids is 1. The molecule has 0 aliphatic rings. The highest BCUT2D eigenvalue weighted by Gasteiger charge is 2.08. The first-order chi connectivity index (χ1) is 9.63. The maximum atomic E-state index is 11.1. The van der Waals surface area contributed by atoms with E-state index in [1.807, 2.05) is 37.3 Å². The first-order valence-corrected chi connectivity index (χ1v) is 7.05. The molecule has 20 heavy (non-hydrogen) atoms. The van der Waals surface area contributed by atoms with E-state index in [1.165, 1.54) is 6.92 Å². The molecule has 2 heterocycles. The minimum Gasteiger partial charge on any atom is -0.326 e. The Bertz CT molecular complexity index is 762. The molecule has 0 spiro atoms. The van der Waals surface area contributed by atoms with Crippen molar-refractivity contribution in [3.05, 3.63) is 42.1 Å². The number of anilines is 1. The third-order valence-electron chi connectivity index (χ3n) is 2.95. The molecule has 0 atom stereocenters. The van der Waals surface area contributed by atoms with Crippen LogP contribution in [0.15, 0.2) is 36.5 Å². The van der Waals surface area contributed by atoms with Crippen LogP contribution in [0.4, 0.5) is 5.69 Å². The van der Waals surface area contributed by atoms with E-state index in [2.05, 4.69) is 15.3 Å². The van der Waals surface area contributed by atoms with Crippen LogP contribution in [0.5, 0.6) is 0 Å². The Morgan fingerprint density at radius 1 is 1.30 bits per heavy atom. The molecule has 2 aromatic heterocycles. The van der Waals surface area contributed by atoms with Crippen molar-refractivity contribution in [1.29, 1.82) is 0 Å². The van der Waals surface area contributed by atoms with Gasteiger partial charge in [-0.1, -0.05) is 11.3 Å². The summed E-state index contributed by atoms with van der Waals surface area (Å²) in [7, 11) is 0. The van der Waals surface area contributed by atoms with Crippen LogP contribution in [0.2, 0.25) is 0 Å². The molecule has 0 fully saturated rings. The number of aromatic nitrogens is 2. The first kappa shape index (κ1) is 12.7. The number of hydrogen-bond acceptors (Lipinski definition) is 4. The number of amides is 1. The normalized spacial score (nSPS) is 10.7. The van der Waals surface area contributed by atoms with Crippen LogP contribution in [-0.4, -0.2) is 15.9 Å². The Labute approximate surface area is 120 Å². The van der Waals surface area contributed by atoms with Crippen LogP contribution in [0.1, 0.15) is 12.5 Å². The lowest BCUT2D eigenvalue weighted by Crippen LogP contribution is -2.06. The fraction of sp³-hybridized carbons (Fsp3) is 0.133. The molecule has 1 amide bonds. The van der Waals surface area contributed by atoms with Crippen molar-refractivity contribution in [3.63, 3.8) is 0 Å². The number of nitrogens with zero attached hydrogens (tertiary/aromatic N) is 2. The van der Waals surface area contributed by atoms with Crippen LogP contribution in [0, 0.1) is 6.92 Å². The van der Waals surface area contributed by atoms with Crippen molar-refractivity contribution in [1.82, 2.24) is 9.97 Å². The summed E-state index contributed by atoms with van der Waals surface area (Å²) < 4.78 is 0. The van der Waals surface area contributed by atoms with E-state index in [9.17, 15) is 4.79 Å². The number of benzene rings is 1. The number of thiazole rings is 1. The minimum absolute atomic E-state index is 0.0648. The van der Waals surface area contributed by atoms with Crippen molar-refractivity contribution >= 4 is 33.3 Å². The molecule has 3 aromatic rings. The van der Waals surface area contributed by atoms with Crippen LogP contribution < -0.4 is 5.32 Å². The molecule has 1 aromatic carbocycles.